The van der Waals surface area contributed by atoms with Crippen molar-refractivity contribution in [3.63, 3.8) is 0 Å². The van der Waals surface area contributed by atoms with Crippen LogP contribution in [0.5, 0.6) is 0 Å². The Labute approximate surface area is 117 Å². The maximum Gasteiger partial charge on any atom is 0.351 e. The monoisotopic (exact) mass is 291 g/mol. The molecule has 0 bridgehead atoms. The first-order valence-electron chi connectivity index (χ1n) is 5.85. The van der Waals surface area contributed by atoms with Gasteiger partial charge in [0, 0.05) is 0 Å². The summed E-state index contributed by atoms with van der Waals surface area (Å²) in [5, 5.41) is 10.1. The zero-order valence-electron chi connectivity index (χ0n) is 12.3. The van der Waals surface area contributed by atoms with Crippen LogP contribution in [0.25, 0.3) is 0 Å². The Morgan fingerprint density at radius 2 is 1.50 bits per heavy atom. The van der Waals surface area contributed by atoms with E-state index in [1.807, 2.05) is 0 Å². The molecule has 116 valence electrons. The number of hydrogen-bond donors (Lipinski definition) is 2. The molecule has 0 spiro atoms. The maximum absolute atomic E-state index is 11.6. The van der Waals surface area contributed by atoms with Crippen LogP contribution in [0.1, 0.15) is 27.2 Å². The maximum atomic E-state index is 11.6. The molecule has 8 heteroatoms. The van der Waals surface area contributed by atoms with Crippen molar-refractivity contribution in [3.05, 3.63) is 0 Å². The van der Waals surface area contributed by atoms with Gasteiger partial charge in [0.05, 0.1) is 26.7 Å². The van der Waals surface area contributed by atoms with Gasteiger partial charge in [-0.05, 0) is 20.8 Å². The molecule has 0 radical (unpaired) electrons. The smallest absolute Gasteiger partial charge is 0.351 e. The summed E-state index contributed by atoms with van der Waals surface area (Å²) in [5.41, 5.74) is 2.05. The van der Waals surface area contributed by atoms with Crippen LogP contribution in [0, 0.1) is 0 Å². The van der Waals surface area contributed by atoms with Crippen molar-refractivity contribution in [2.75, 3.05) is 14.2 Å². The normalized spacial score (nSPS) is 13.3. The number of nitrogens with two attached hydrogens (primary N) is 1. The van der Waals surface area contributed by atoms with Crippen molar-refractivity contribution in [3.8, 4) is 0 Å². The lowest BCUT2D eigenvalue weighted by Gasteiger charge is -2.28. The van der Waals surface area contributed by atoms with Crippen LogP contribution in [0.2, 0.25) is 0 Å². The van der Waals surface area contributed by atoms with E-state index in [1.54, 1.807) is 20.8 Å². The van der Waals surface area contributed by atoms with Crippen LogP contribution in [-0.2, 0) is 28.6 Å². The Hall–Kier alpha value is -1.67. The Morgan fingerprint density at radius 1 is 1.10 bits per heavy atom. The molecule has 0 saturated carbocycles. The van der Waals surface area contributed by atoms with Crippen molar-refractivity contribution >= 4 is 17.9 Å². The summed E-state index contributed by atoms with van der Waals surface area (Å²) in [4.78, 5) is 34.7. The van der Waals surface area contributed by atoms with Gasteiger partial charge in [0.1, 0.15) is 5.60 Å². The SMILES string of the molecule is COC(=O)C(O)(C(=O)OC)C(N)CC(=O)OC(C)(C)C. The molecule has 1 unspecified atom stereocenters. The minimum atomic E-state index is -2.76. The van der Waals surface area contributed by atoms with Gasteiger partial charge in [-0.25, -0.2) is 9.59 Å². The minimum Gasteiger partial charge on any atom is -0.466 e. The molecular formula is C12H21NO7. The molecule has 3 N–H and O–H groups in total. The second-order valence-electron chi connectivity index (χ2n) is 5.15. The quantitative estimate of drug-likeness (QED) is 0.380. The van der Waals surface area contributed by atoms with E-state index in [-0.39, 0.29) is 0 Å². The Morgan fingerprint density at radius 3 is 1.80 bits per heavy atom. The first kappa shape index (κ1) is 18.3. The molecule has 0 aromatic heterocycles. The number of aliphatic hydroxyl groups is 1. The van der Waals surface area contributed by atoms with Crippen LogP contribution in [0.4, 0.5) is 0 Å². The van der Waals surface area contributed by atoms with E-state index in [1.165, 1.54) is 0 Å². The average Bonchev–Trinajstić information content (AvgIpc) is 2.32. The second kappa shape index (κ2) is 6.67. The number of ether oxygens (including phenoxy) is 3. The van der Waals surface area contributed by atoms with Gasteiger partial charge in [0.25, 0.3) is 5.60 Å². The van der Waals surface area contributed by atoms with Crippen molar-refractivity contribution in [2.45, 2.75) is 44.4 Å². The number of carbonyl (C=O) groups excluding carboxylic acids is 3. The molecule has 0 aliphatic rings. The Bertz CT molecular complexity index is 370. The van der Waals surface area contributed by atoms with Crippen molar-refractivity contribution in [1.82, 2.24) is 0 Å². The number of esters is 3. The fourth-order valence-electron chi connectivity index (χ4n) is 1.41. The number of hydrogen-bond acceptors (Lipinski definition) is 8. The molecule has 1 atom stereocenters. The standard InChI is InChI=1S/C12H21NO7/c1-11(2,3)20-8(14)6-7(13)12(17,9(15)18-4)10(16)19-5/h7,17H,6,13H2,1-5H3. The van der Waals surface area contributed by atoms with Gasteiger partial charge in [-0.2, -0.15) is 0 Å². The molecule has 20 heavy (non-hydrogen) atoms. The van der Waals surface area contributed by atoms with Gasteiger partial charge in [-0.3, -0.25) is 4.79 Å². The highest BCUT2D eigenvalue weighted by Gasteiger charge is 2.53. The van der Waals surface area contributed by atoms with E-state index in [4.69, 9.17) is 10.5 Å². The third-order valence-electron chi connectivity index (χ3n) is 2.34. The van der Waals surface area contributed by atoms with Gasteiger partial charge < -0.3 is 25.1 Å². The number of methoxy groups -OCH3 is 2. The first-order chi connectivity index (χ1) is 8.98. The molecule has 0 aromatic rings. The molecule has 0 heterocycles. The molecule has 0 aliphatic heterocycles. The summed E-state index contributed by atoms with van der Waals surface area (Å²) in [7, 11) is 1.94. The van der Waals surface area contributed by atoms with Gasteiger partial charge in [0.15, 0.2) is 0 Å². The van der Waals surface area contributed by atoms with Crippen LogP contribution < -0.4 is 5.73 Å². The molecule has 0 saturated heterocycles. The zero-order valence-corrected chi connectivity index (χ0v) is 12.3. The predicted octanol–water partition coefficient (Wildman–Crippen LogP) is -0.877. The van der Waals surface area contributed by atoms with Gasteiger partial charge in [0.2, 0.25) is 0 Å². The molecule has 0 rings (SSSR count). The van der Waals surface area contributed by atoms with Crippen molar-refractivity contribution in [2.24, 2.45) is 5.73 Å². The van der Waals surface area contributed by atoms with E-state index in [9.17, 15) is 19.5 Å². The van der Waals surface area contributed by atoms with E-state index in [2.05, 4.69) is 9.47 Å². The summed E-state index contributed by atoms with van der Waals surface area (Å²) in [6.07, 6.45) is -0.558. The molecule has 0 aliphatic carbocycles. The van der Waals surface area contributed by atoms with Crippen LogP contribution in [0.15, 0.2) is 0 Å². The zero-order chi connectivity index (χ0) is 16.1. The molecule has 8 nitrogen and oxygen atoms in total. The summed E-state index contributed by atoms with van der Waals surface area (Å²) in [5.74, 6) is -3.38. The average molecular weight is 291 g/mol. The summed E-state index contributed by atoms with van der Waals surface area (Å²) in [6, 6.07) is -1.56. The van der Waals surface area contributed by atoms with Gasteiger partial charge >= 0.3 is 17.9 Å². The van der Waals surface area contributed by atoms with Crippen LogP contribution >= 0.6 is 0 Å². The molecule has 0 fully saturated rings. The highest BCUT2D eigenvalue weighted by atomic mass is 16.6. The van der Waals surface area contributed by atoms with Crippen LogP contribution in [-0.4, -0.2) is 54.5 Å². The number of carbonyl (C=O) groups is 3. The molecule has 0 aromatic carbocycles. The van der Waals surface area contributed by atoms with E-state index in [0.717, 1.165) is 14.2 Å². The lowest BCUT2D eigenvalue weighted by molar-refractivity contribution is -0.184. The fraction of sp³-hybridized carbons (Fsp3) is 0.750. The topological polar surface area (TPSA) is 125 Å². The lowest BCUT2D eigenvalue weighted by atomic mass is 9.92. The lowest BCUT2D eigenvalue weighted by Crippen LogP contribution is -2.61. The van der Waals surface area contributed by atoms with Crippen molar-refractivity contribution < 1.29 is 33.7 Å². The summed E-state index contributed by atoms with van der Waals surface area (Å²) < 4.78 is 13.6. The third kappa shape index (κ3) is 4.46. The fourth-order valence-corrected chi connectivity index (χ4v) is 1.41. The Kier molecular flexibility index (Phi) is 6.11. The number of rotatable bonds is 5. The third-order valence-corrected chi connectivity index (χ3v) is 2.34. The summed E-state index contributed by atoms with van der Waals surface area (Å²) >= 11 is 0. The first-order valence-corrected chi connectivity index (χ1v) is 5.85. The highest BCUT2D eigenvalue weighted by molar-refractivity contribution is 6.04. The van der Waals surface area contributed by atoms with Gasteiger partial charge in [-0.1, -0.05) is 0 Å². The molecule has 0 amide bonds. The van der Waals surface area contributed by atoms with E-state index < -0.39 is 41.6 Å². The minimum absolute atomic E-state index is 0.558. The van der Waals surface area contributed by atoms with E-state index in [0.29, 0.717) is 0 Å². The Balaban J connectivity index is 5.08. The largest absolute Gasteiger partial charge is 0.466 e. The van der Waals surface area contributed by atoms with Gasteiger partial charge in [-0.15, -0.1) is 0 Å². The van der Waals surface area contributed by atoms with Crippen molar-refractivity contribution in [1.29, 1.82) is 0 Å². The molecular weight excluding hydrogens is 270 g/mol. The second-order valence-corrected chi connectivity index (χ2v) is 5.15. The van der Waals surface area contributed by atoms with Crippen LogP contribution in [0.3, 0.4) is 0 Å². The summed E-state index contributed by atoms with van der Waals surface area (Å²) in [6.45, 7) is 4.93. The van der Waals surface area contributed by atoms with E-state index >= 15 is 0 Å². The predicted molar refractivity (Wildman–Crippen MR) is 67.4 cm³/mol. The highest BCUT2D eigenvalue weighted by Crippen LogP contribution is 2.18.